The van der Waals surface area contributed by atoms with Gasteiger partial charge >= 0.3 is 23.9 Å². The molecular weight excluding hydrogens is 857 g/mol. The molecule has 3 aromatic carbocycles. The van der Waals surface area contributed by atoms with Gasteiger partial charge in [0, 0.05) is 36.5 Å². The number of thioether (sulfide) groups is 1. The number of aliphatic hydroxyl groups is 2. The van der Waals surface area contributed by atoms with Crippen LogP contribution in [0.4, 0.5) is 0 Å². The number of hydrogen-bond acceptors (Lipinski definition) is 15. The van der Waals surface area contributed by atoms with Crippen molar-refractivity contribution >= 4 is 47.3 Å². The zero-order valence-corrected chi connectivity index (χ0v) is 37.7. The van der Waals surface area contributed by atoms with Crippen molar-refractivity contribution in [2.45, 2.75) is 107 Å². The zero-order chi connectivity index (χ0) is 47.1. The Morgan fingerprint density at radius 2 is 1.49 bits per heavy atom. The first-order valence-corrected chi connectivity index (χ1v) is 22.4. The Kier molecular flexibility index (Phi) is 13.2. The predicted octanol–water partition coefficient (Wildman–Crippen LogP) is 5.00. The van der Waals surface area contributed by atoms with E-state index in [4.69, 9.17) is 23.7 Å². The van der Waals surface area contributed by atoms with Gasteiger partial charge in [-0.05, 0) is 54.3 Å². The van der Waals surface area contributed by atoms with E-state index in [-0.39, 0.29) is 41.1 Å². The van der Waals surface area contributed by atoms with E-state index in [0.717, 1.165) is 18.7 Å². The van der Waals surface area contributed by atoms with Gasteiger partial charge in [-0.2, -0.15) is 5.26 Å². The quantitative estimate of drug-likeness (QED) is 0.124. The molecule has 11 atom stereocenters. The highest BCUT2D eigenvalue weighted by Crippen LogP contribution is 2.66. The SMILES string of the molecule is CC(=O)OC1C(=O)[C@]2(C)C(SCC#N)CC3OCC3(OC(C)=O)C2C(OC(=O)c2ccccc2)C2(O)CC(OC(=O)C(O)C(NC(=O)c3ccccc3)c3ccccc3)C(C)=C1C2(C)C. The Morgan fingerprint density at radius 1 is 0.892 bits per heavy atom. The molecule has 342 valence electrons. The van der Waals surface area contributed by atoms with E-state index < -0.39 is 112 Å². The van der Waals surface area contributed by atoms with Gasteiger partial charge in [0.25, 0.3) is 5.91 Å². The number of Topliss-reactive ketones (excluding diaryl/α,β-unsaturated/α-hetero) is 1. The van der Waals surface area contributed by atoms with Crippen molar-refractivity contribution in [3.8, 4) is 6.07 Å². The second-order valence-electron chi connectivity index (χ2n) is 17.8. The van der Waals surface area contributed by atoms with Crippen LogP contribution in [0.1, 0.15) is 86.7 Å². The van der Waals surface area contributed by atoms with Crippen LogP contribution in [0.25, 0.3) is 0 Å². The highest BCUT2D eigenvalue weighted by Gasteiger charge is 2.78. The van der Waals surface area contributed by atoms with Crippen molar-refractivity contribution in [2.24, 2.45) is 16.7 Å². The third-order valence-corrected chi connectivity index (χ3v) is 15.2. The Labute approximate surface area is 380 Å². The van der Waals surface area contributed by atoms with Crippen LogP contribution in [-0.4, -0.2) is 105 Å². The van der Waals surface area contributed by atoms with Crippen LogP contribution in [0.3, 0.4) is 0 Å². The van der Waals surface area contributed by atoms with Crippen molar-refractivity contribution in [2.75, 3.05) is 12.4 Å². The van der Waals surface area contributed by atoms with Crippen LogP contribution >= 0.6 is 11.8 Å². The molecule has 3 N–H and O–H groups in total. The number of nitrogens with zero attached hydrogens (tertiary/aromatic N) is 1. The Balaban J connectivity index is 1.41. The number of rotatable bonds is 12. The lowest BCUT2D eigenvalue weighted by molar-refractivity contribution is -0.331. The number of aliphatic hydroxyl groups excluding tert-OH is 1. The summed E-state index contributed by atoms with van der Waals surface area (Å²) in [6, 6.07) is 25.2. The summed E-state index contributed by atoms with van der Waals surface area (Å²) in [5, 5.41) is 37.5. The molecular formula is C49H52N2O13S. The van der Waals surface area contributed by atoms with Crippen molar-refractivity contribution < 1.29 is 62.7 Å². The summed E-state index contributed by atoms with van der Waals surface area (Å²) in [4.78, 5) is 84.6. The molecule has 15 nitrogen and oxygen atoms in total. The molecule has 65 heavy (non-hydrogen) atoms. The molecule has 0 spiro atoms. The molecule has 2 bridgehead atoms. The molecule has 1 aliphatic heterocycles. The van der Waals surface area contributed by atoms with Crippen molar-refractivity contribution in [3.05, 3.63) is 119 Å². The summed E-state index contributed by atoms with van der Waals surface area (Å²) >= 11 is 1.13. The maximum absolute atomic E-state index is 15.9. The van der Waals surface area contributed by atoms with Gasteiger partial charge in [-0.3, -0.25) is 19.2 Å². The first-order chi connectivity index (χ1) is 30.8. The van der Waals surface area contributed by atoms with Gasteiger partial charge in [0.15, 0.2) is 23.6 Å². The summed E-state index contributed by atoms with van der Waals surface area (Å²) < 4.78 is 31.0. The molecule has 16 heteroatoms. The van der Waals surface area contributed by atoms with Crippen LogP contribution < -0.4 is 5.32 Å². The van der Waals surface area contributed by atoms with Crippen LogP contribution in [0.2, 0.25) is 0 Å². The summed E-state index contributed by atoms with van der Waals surface area (Å²) in [6.07, 6.45) is -8.35. The predicted molar refractivity (Wildman–Crippen MR) is 234 cm³/mol. The van der Waals surface area contributed by atoms with E-state index in [2.05, 4.69) is 11.4 Å². The number of carbonyl (C=O) groups excluding carboxylic acids is 6. The molecule has 0 radical (unpaired) electrons. The number of ketones is 1. The summed E-state index contributed by atoms with van der Waals surface area (Å²) in [7, 11) is 0. The lowest BCUT2D eigenvalue weighted by atomic mass is 9.45. The monoisotopic (exact) mass is 908 g/mol. The van der Waals surface area contributed by atoms with Crippen LogP contribution in [0.15, 0.2) is 102 Å². The molecule has 3 aromatic rings. The van der Waals surface area contributed by atoms with E-state index >= 15 is 4.79 Å². The van der Waals surface area contributed by atoms with Gasteiger partial charge in [0.05, 0.1) is 41.4 Å². The number of amides is 1. The van der Waals surface area contributed by atoms with Gasteiger partial charge in [0.1, 0.15) is 23.9 Å². The average molecular weight is 909 g/mol. The topological polar surface area (TPSA) is 225 Å². The van der Waals surface area contributed by atoms with Crippen LogP contribution in [-0.2, 0) is 42.9 Å². The number of fused-ring (bicyclic) bond motifs is 5. The Hall–Kier alpha value is -5.86. The molecule has 4 aliphatic rings. The van der Waals surface area contributed by atoms with E-state index in [1.54, 1.807) is 107 Å². The second-order valence-corrected chi connectivity index (χ2v) is 19.0. The highest BCUT2D eigenvalue weighted by atomic mass is 32.2. The third-order valence-electron chi connectivity index (χ3n) is 13.8. The molecule has 2 saturated carbocycles. The lowest BCUT2D eigenvalue weighted by Gasteiger charge is -2.68. The van der Waals surface area contributed by atoms with Gasteiger partial charge in [-0.25, -0.2) is 9.59 Å². The number of nitriles is 1. The first kappa shape index (κ1) is 47.1. The standard InChI is InChI=1S/C49H52N2O13S/c1-27-33(62-45(58)38(54)37(30-16-10-7-11-17-30)51-43(56)31-18-12-8-13-19-31)25-49(59)42(63-44(57)32-20-14-9-15-21-32)40-47(6,41(55)39(61-28(2)52)36(27)46(49,4)5)35(65-23-22-50)24-34-48(40,26-60-34)64-29(3)53/h7-21,33-35,37-40,42,54,59H,23-26H2,1-6H3,(H,51,56)/t33?,34?,35?,37?,38?,39?,40?,42?,47-,48?,49?/m1/s1. The van der Waals surface area contributed by atoms with Gasteiger partial charge in [-0.1, -0.05) is 87.5 Å². The Bertz CT molecular complexity index is 2420. The van der Waals surface area contributed by atoms with Crippen molar-refractivity contribution in [1.29, 1.82) is 5.26 Å². The van der Waals surface area contributed by atoms with Crippen molar-refractivity contribution in [1.82, 2.24) is 5.32 Å². The van der Waals surface area contributed by atoms with Crippen LogP contribution in [0, 0.1) is 28.1 Å². The number of carbonyl (C=O) groups is 6. The fraction of sp³-hybridized carbons (Fsp3) is 0.449. The van der Waals surface area contributed by atoms with E-state index in [9.17, 15) is 39.4 Å². The number of esters is 4. The number of hydrogen-bond donors (Lipinski definition) is 3. The fourth-order valence-corrected chi connectivity index (χ4v) is 11.7. The normalized spacial score (nSPS) is 30.8. The molecule has 1 amide bonds. The largest absolute Gasteiger partial charge is 0.456 e. The molecule has 1 saturated heterocycles. The molecule has 1 heterocycles. The number of benzene rings is 3. The molecule has 7 rings (SSSR count). The van der Waals surface area contributed by atoms with Crippen LogP contribution in [0.5, 0.6) is 0 Å². The smallest absolute Gasteiger partial charge is 0.338 e. The van der Waals surface area contributed by atoms with Gasteiger partial charge < -0.3 is 39.2 Å². The van der Waals surface area contributed by atoms with Gasteiger partial charge in [-0.15, -0.1) is 11.8 Å². The van der Waals surface area contributed by atoms with Crippen molar-refractivity contribution in [3.63, 3.8) is 0 Å². The molecule has 10 unspecified atom stereocenters. The maximum Gasteiger partial charge on any atom is 0.338 e. The number of ether oxygens (including phenoxy) is 5. The fourth-order valence-electron chi connectivity index (χ4n) is 10.5. The minimum absolute atomic E-state index is 0.0497. The molecule has 0 aromatic heterocycles. The summed E-state index contributed by atoms with van der Waals surface area (Å²) in [6.45, 7) is 8.37. The molecule has 3 aliphatic carbocycles. The molecule has 3 fully saturated rings. The Morgan fingerprint density at radius 3 is 2.05 bits per heavy atom. The third kappa shape index (κ3) is 8.24. The van der Waals surface area contributed by atoms with E-state index in [0.29, 0.717) is 5.56 Å². The minimum Gasteiger partial charge on any atom is -0.456 e. The highest BCUT2D eigenvalue weighted by molar-refractivity contribution is 8.00. The first-order valence-electron chi connectivity index (χ1n) is 21.3. The second kappa shape index (κ2) is 18.2. The summed E-state index contributed by atoms with van der Waals surface area (Å²) in [5.74, 6) is -6.53. The van der Waals surface area contributed by atoms with E-state index in [1.807, 2.05) is 0 Å². The number of nitrogens with one attached hydrogen (secondary N) is 1. The maximum atomic E-state index is 15.9. The summed E-state index contributed by atoms with van der Waals surface area (Å²) in [5.41, 5.74) is -6.53. The van der Waals surface area contributed by atoms with Gasteiger partial charge in [0.2, 0.25) is 0 Å². The average Bonchev–Trinajstić information content (AvgIpc) is 3.27. The zero-order valence-electron chi connectivity index (χ0n) is 36.8. The lowest BCUT2D eigenvalue weighted by Crippen LogP contribution is -2.81. The van der Waals surface area contributed by atoms with E-state index in [1.165, 1.54) is 19.1 Å². The minimum atomic E-state index is -2.36.